The van der Waals surface area contributed by atoms with E-state index in [1.165, 1.54) is 18.2 Å². The van der Waals surface area contributed by atoms with Crippen LogP contribution in [0.2, 0.25) is 0 Å². The fourth-order valence-electron chi connectivity index (χ4n) is 2.52. The molecule has 0 atom stereocenters. The van der Waals surface area contributed by atoms with Gasteiger partial charge in [0.1, 0.15) is 5.69 Å². The minimum absolute atomic E-state index is 0.0129. The van der Waals surface area contributed by atoms with Gasteiger partial charge in [-0.1, -0.05) is 18.2 Å². The number of nitrogens with two attached hydrogens (primary N) is 1. The average molecular weight is 312 g/mol. The van der Waals surface area contributed by atoms with Crippen LogP contribution in [0.5, 0.6) is 0 Å². The molecule has 0 aliphatic carbocycles. The lowest BCUT2D eigenvalue weighted by molar-refractivity contribution is -0.384. The van der Waals surface area contributed by atoms with Crippen LogP contribution in [0.4, 0.5) is 11.4 Å². The maximum atomic E-state index is 12.3. The van der Waals surface area contributed by atoms with Crippen molar-refractivity contribution in [2.45, 2.75) is 6.54 Å². The number of carbonyl (C=O) groups excluding carboxylic acids is 2. The highest BCUT2D eigenvalue weighted by molar-refractivity contribution is 6.21. The Balaban J connectivity index is 1.90. The zero-order valence-electron chi connectivity index (χ0n) is 11.9. The maximum Gasteiger partial charge on any atom is 0.293 e. The minimum Gasteiger partial charge on any atom is -0.318 e. The molecule has 0 aromatic heterocycles. The molecule has 1 heterocycles. The van der Waals surface area contributed by atoms with Crippen LogP contribution in [-0.4, -0.2) is 21.6 Å². The third-order valence-electron chi connectivity index (χ3n) is 3.63. The van der Waals surface area contributed by atoms with E-state index < -0.39 is 4.92 Å². The number of hydrogen-bond donors (Lipinski definition) is 2. The van der Waals surface area contributed by atoms with Gasteiger partial charge in [0, 0.05) is 6.07 Å². The summed E-state index contributed by atoms with van der Waals surface area (Å²) in [5.74, 6) is 4.52. The molecular formula is C15H12N4O4. The maximum absolute atomic E-state index is 12.3. The summed E-state index contributed by atoms with van der Waals surface area (Å²) < 4.78 is 0. The van der Waals surface area contributed by atoms with Crippen molar-refractivity contribution in [3.05, 3.63) is 69.3 Å². The number of rotatable bonds is 4. The lowest BCUT2D eigenvalue weighted by Gasteiger charge is -2.14. The lowest BCUT2D eigenvalue weighted by Crippen LogP contribution is -2.29. The second-order valence-electron chi connectivity index (χ2n) is 4.99. The number of amides is 2. The number of nitro benzene ring substituents is 1. The molecule has 0 unspecified atom stereocenters. The number of nitro groups is 1. The van der Waals surface area contributed by atoms with Gasteiger partial charge in [-0.2, -0.15) is 0 Å². The Labute approximate surface area is 130 Å². The van der Waals surface area contributed by atoms with E-state index in [-0.39, 0.29) is 29.7 Å². The highest BCUT2D eigenvalue weighted by atomic mass is 16.6. The Hall–Kier alpha value is -3.26. The predicted molar refractivity (Wildman–Crippen MR) is 81.6 cm³/mol. The number of imide groups is 1. The topological polar surface area (TPSA) is 119 Å². The molecule has 0 radical (unpaired) electrons. The van der Waals surface area contributed by atoms with Gasteiger partial charge in [-0.25, -0.2) is 0 Å². The monoisotopic (exact) mass is 312 g/mol. The summed E-state index contributed by atoms with van der Waals surface area (Å²) in [5, 5.41) is 10.9. The smallest absolute Gasteiger partial charge is 0.293 e. The predicted octanol–water partition coefficient (Wildman–Crippen LogP) is 1.68. The Morgan fingerprint density at radius 1 is 1.09 bits per heavy atom. The molecular weight excluding hydrogens is 300 g/mol. The number of carbonyl (C=O) groups is 2. The van der Waals surface area contributed by atoms with E-state index in [4.69, 9.17) is 5.84 Å². The summed E-state index contributed by atoms with van der Waals surface area (Å²) in [7, 11) is 0. The number of nitrogens with zero attached hydrogens (tertiary/aromatic N) is 2. The van der Waals surface area contributed by atoms with E-state index in [2.05, 4.69) is 5.43 Å². The van der Waals surface area contributed by atoms with E-state index in [9.17, 15) is 19.7 Å². The van der Waals surface area contributed by atoms with Crippen LogP contribution in [0, 0.1) is 10.1 Å². The molecule has 0 spiro atoms. The van der Waals surface area contributed by atoms with Gasteiger partial charge >= 0.3 is 0 Å². The van der Waals surface area contributed by atoms with E-state index in [0.29, 0.717) is 16.7 Å². The molecule has 3 N–H and O–H groups in total. The number of hydrogen-bond acceptors (Lipinski definition) is 6. The average Bonchev–Trinajstić information content (AvgIpc) is 2.80. The number of nitrogen functional groups attached to an aromatic ring is 1. The first-order valence-electron chi connectivity index (χ1n) is 6.72. The van der Waals surface area contributed by atoms with Crippen LogP contribution >= 0.6 is 0 Å². The number of hydrazine groups is 1. The molecule has 2 amide bonds. The quantitative estimate of drug-likeness (QED) is 0.384. The Morgan fingerprint density at radius 3 is 2.22 bits per heavy atom. The summed E-state index contributed by atoms with van der Waals surface area (Å²) in [6, 6.07) is 10.8. The number of nitrogens with one attached hydrogen (secondary N) is 1. The van der Waals surface area contributed by atoms with Crippen molar-refractivity contribution < 1.29 is 14.5 Å². The summed E-state index contributed by atoms with van der Waals surface area (Å²) in [6.45, 7) is 0.0129. The number of anilines is 1. The lowest BCUT2D eigenvalue weighted by atomic mass is 10.1. The second kappa shape index (κ2) is 5.50. The van der Waals surface area contributed by atoms with Gasteiger partial charge in [0.25, 0.3) is 17.5 Å². The molecule has 3 rings (SSSR count). The van der Waals surface area contributed by atoms with Crippen molar-refractivity contribution in [2.75, 3.05) is 5.43 Å². The van der Waals surface area contributed by atoms with Crippen LogP contribution in [-0.2, 0) is 6.54 Å². The molecule has 0 bridgehead atoms. The first-order valence-corrected chi connectivity index (χ1v) is 6.72. The Morgan fingerprint density at radius 2 is 1.70 bits per heavy atom. The summed E-state index contributed by atoms with van der Waals surface area (Å²) >= 11 is 0. The van der Waals surface area contributed by atoms with E-state index in [0.717, 1.165) is 4.90 Å². The third-order valence-corrected chi connectivity index (χ3v) is 3.63. The standard InChI is InChI=1S/C15H12N4O4/c16-17-12-7-9(5-6-13(12)19(22)23)8-18-14(20)10-3-1-2-4-11(10)15(18)21/h1-7,17H,8,16H2. The highest BCUT2D eigenvalue weighted by Crippen LogP contribution is 2.28. The van der Waals surface area contributed by atoms with Crippen molar-refractivity contribution in [2.24, 2.45) is 5.84 Å². The fraction of sp³-hybridized carbons (Fsp3) is 0.0667. The SMILES string of the molecule is NNc1cc(CN2C(=O)c3ccccc3C2=O)ccc1[N+](=O)[O-]. The van der Waals surface area contributed by atoms with Crippen LogP contribution in [0.3, 0.4) is 0 Å². The van der Waals surface area contributed by atoms with Gasteiger partial charge in [-0.05, 0) is 23.8 Å². The molecule has 0 saturated heterocycles. The van der Waals surface area contributed by atoms with Crippen LogP contribution in [0.1, 0.15) is 26.3 Å². The zero-order chi connectivity index (χ0) is 16.6. The van der Waals surface area contributed by atoms with E-state index in [1.54, 1.807) is 24.3 Å². The van der Waals surface area contributed by atoms with Gasteiger partial charge in [0.2, 0.25) is 0 Å². The molecule has 1 aliphatic rings. The molecule has 23 heavy (non-hydrogen) atoms. The summed E-state index contributed by atoms with van der Waals surface area (Å²) in [5.41, 5.74) is 3.45. The van der Waals surface area contributed by atoms with Crippen LogP contribution in [0.15, 0.2) is 42.5 Å². The number of fused-ring (bicyclic) bond motifs is 1. The van der Waals surface area contributed by atoms with Crippen molar-refractivity contribution in [1.29, 1.82) is 0 Å². The first kappa shape index (κ1) is 14.7. The molecule has 1 aliphatic heterocycles. The normalized spacial score (nSPS) is 13.2. The van der Waals surface area contributed by atoms with E-state index >= 15 is 0 Å². The van der Waals surface area contributed by atoms with Gasteiger partial charge in [-0.15, -0.1) is 0 Å². The summed E-state index contributed by atoms with van der Waals surface area (Å²) in [4.78, 5) is 36.0. The van der Waals surface area contributed by atoms with Gasteiger partial charge in [-0.3, -0.25) is 30.4 Å². The van der Waals surface area contributed by atoms with Gasteiger partial charge in [0.15, 0.2) is 0 Å². The summed E-state index contributed by atoms with van der Waals surface area (Å²) in [6.07, 6.45) is 0. The Kier molecular flexibility index (Phi) is 3.51. The molecule has 8 nitrogen and oxygen atoms in total. The van der Waals surface area contributed by atoms with Crippen molar-refractivity contribution in [3.8, 4) is 0 Å². The molecule has 8 heteroatoms. The zero-order valence-corrected chi connectivity index (χ0v) is 11.9. The third kappa shape index (κ3) is 2.40. The molecule has 0 fully saturated rings. The largest absolute Gasteiger partial charge is 0.318 e. The molecule has 0 saturated carbocycles. The van der Waals surface area contributed by atoms with Crippen LogP contribution < -0.4 is 11.3 Å². The van der Waals surface area contributed by atoms with Crippen molar-refractivity contribution >= 4 is 23.2 Å². The van der Waals surface area contributed by atoms with Gasteiger partial charge in [0.05, 0.1) is 22.6 Å². The highest BCUT2D eigenvalue weighted by Gasteiger charge is 2.35. The van der Waals surface area contributed by atoms with Crippen molar-refractivity contribution in [3.63, 3.8) is 0 Å². The minimum atomic E-state index is -0.568. The fourth-order valence-corrected chi connectivity index (χ4v) is 2.52. The van der Waals surface area contributed by atoms with Gasteiger partial charge < -0.3 is 5.43 Å². The molecule has 2 aromatic carbocycles. The first-order chi connectivity index (χ1) is 11.0. The molecule has 116 valence electrons. The van der Waals surface area contributed by atoms with E-state index in [1.807, 2.05) is 0 Å². The van der Waals surface area contributed by atoms with Crippen molar-refractivity contribution in [1.82, 2.24) is 4.90 Å². The van der Waals surface area contributed by atoms with Crippen LogP contribution in [0.25, 0.3) is 0 Å². The number of benzene rings is 2. The molecule has 2 aromatic rings. The second-order valence-corrected chi connectivity index (χ2v) is 4.99. The Bertz CT molecular complexity index is 799.